The fourth-order valence-electron chi connectivity index (χ4n) is 1.51. The number of hydrogen-bond acceptors (Lipinski definition) is 3. The lowest BCUT2D eigenvalue weighted by Gasteiger charge is -2.14. The zero-order valence-corrected chi connectivity index (χ0v) is 9.48. The average molecular weight is 270 g/mol. The Kier molecular flexibility index (Phi) is 4.11. The zero-order valence-electron chi connectivity index (χ0n) is 8.66. The summed E-state index contributed by atoms with van der Waals surface area (Å²) in [5.74, 6) is 0.970. The summed E-state index contributed by atoms with van der Waals surface area (Å²) in [5.41, 5.74) is 5.85. The molecule has 2 N–H and O–H groups in total. The van der Waals surface area contributed by atoms with E-state index in [4.69, 9.17) is 15.2 Å². The van der Waals surface area contributed by atoms with Crippen molar-refractivity contribution in [2.45, 2.75) is 18.6 Å². The molecule has 0 saturated heterocycles. The maximum atomic E-state index is 12.1. The van der Waals surface area contributed by atoms with Crippen molar-refractivity contribution in [3.8, 4) is 11.5 Å². The van der Waals surface area contributed by atoms with Gasteiger partial charge in [0.2, 0.25) is 6.79 Å². The van der Waals surface area contributed by atoms with Gasteiger partial charge in [0, 0.05) is 6.04 Å². The summed E-state index contributed by atoms with van der Waals surface area (Å²) in [5, 5.41) is 0. The van der Waals surface area contributed by atoms with Gasteiger partial charge in [0.15, 0.2) is 11.5 Å². The quantitative estimate of drug-likeness (QED) is 0.898. The highest BCUT2D eigenvalue weighted by molar-refractivity contribution is 5.85. The van der Waals surface area contributed by atoms with Crippen molar-refractivity contribution in [3.05, 3.63) is 23.8 Å². The number of ether oxygens (including phenoxy) is 2. The maximum absolute atomic E-state index is 12.1. The van der Waals surface area contributed by atoms with Crippen LogP contribution < -0.4 is 15.2 Å². The van der Waals surface area contributed by atoms with Gasteiger partial charge in [0.05, 0.1) is 6.42 Å². The topological polar surface area (TPSA) is 44.5 Å². The van der Waals surface area contributed by atoms with Crippen LogP contribution in [0.2, 0.25) is 0 Å². The summed E-state index contributed by atoms with van der Waals surface area (Å²) in [7, 11) is 0. The third kappa shape index (κ3) is 3.41. The second kappa shape index (κ2) is 5.01. The first-order valence-electron chi connectivity index (χ1n) is 4.67. The van der Waals surface area contributed by atoms with Gasteiger partial charge in [-0.3, -0.25) is 0 Å². The number of alkyl halides is 3. The molecule has 96 valence electrons. The highest BCUT2D eigenvalue weighted by Gasteiger charge is 2.31. The third-order valence-corrected chi connectivity index (χ3v) is 2.28. The van der Waals surface area contributed by atoms with E-state index in [-0.39, 0.29) is 19.2 Å². The molecule has 0 saturated carbocycles. The van der Waals surface area contributed by atoms with Crippen LogP contribution >= 0.6 is 12.4 Å². The highest BCUT2D eigenvalue weighted by atomic mass is 35.5. The molecular formula is C10H11ClF3NO2. The fraction of sp³-hybridized carbons (Fsp3) is 0.400. The van der Waals surface area contributed by atoms with Crippen molar-refractivity contribution in [2.24, 2.45) is 5.73 Å². The van der Waals surface area contributed by atoms with Crippen molar-refractivity contribution >= 4 is 12.4 Å². The molecule has 0 amide bonds. The Morgan fingerprint density at radius 3 is 2.53 bits per heavy atom. The second-order valence-corrected chi connectivity index (χ2v) is 3.54. The summed E-state index contributed by atoms with van der Waals surface area (Å²) in [6.07, 6.45) is -5.32. The minimum atomic E-state index is -4.27. The van der Waals surface area contributed by atoms with Crippen molar-refractivity contribution in [1.29, 1.82) is 0 Å². The van der Waals surface area contributed by atoms with E-state index in [1.807, 2.05) is 0 Å². The van der Waals surface area contributed by atoms with Gasteiger partial charge in [-0.1, -0.05) is 6.07 Å². The van der Waals surface area contributed by atoms with Crippen molar-refractivity contribution in [2.75, 3.05) is 6.79 Å². The van der Waals surface area contributed by atoms with E-state index in [0.717, 1.165) is 0 Å². The molecule has 3 nitrogen and oxygen atoms in total. The largest absolute Gasteiger partial charge is 0.454 e. The molecule has 0 bridgehead atoms. The Bertz CT molecular complexity index is 398. The van der Waals surface area contributed by atoms with E-state index in [1.54, 1.807) is 6.07 Å². The van der Waals surface area contributed by atoms with Gasteiger partial charge in [0.1, 0.15) is 0 Å². The Morgan fingerprint density at radius 1 is 1.24 bits per heavy atom. The van der Waals surface area contributed by atoms with Crippen molar-refractivity contribution < 1.29 is 22.6 Å². The van der Waals surface area contributed by atoms with Gasteiger partial charge < -0.3 is 15.2 Å². The van der Waals surface area contributed by atoms with E-state index in [0.29, 0.717) is 17.1 Å². The number of hydrogen-bond donors (Lipinski definition) is 1. The SMILES string of the molecule is Cl.N[C@@H](CC(F)(F)F)c1ccc2c(c1)OCO2. The molecule has 0 unspecified atom stereocenters. The van der Waals surface area contributed by atoms with E-state index in [9.17, 15) is 13.2 Å². The average Bonchev–Trinajstić information content (AvgIpc) is 2.61. The van der Waals surface area contributed by atoms with Crippen molar-refractivity contribution in [3.63, 3.8) is 0 Å². The van der Waals surface area contributed by atoms with Crippen LogP contribution in [-0.4, -0.2) is 13.0 Å². The van der Waals surface area contributed by atoms with Gasteiger partial charge in [-0.05, 0) is 17.7 Å². The third-order valence-electron chi connectivity index (χ3n) is 2.28. The standard InChI is InChI=1S/C10H10F3NO2.ClH/c11-10(12,13)4-7(14)6-1-2-8-9(3-6)16-5-15-8;/h1-3,7H,4-5,14H2;1H/t7-;/m0./s1. The summed E-state index contributed by atoms with van der Waals surface area (Å²) in [6, 6.07) is 3.49. The molecular weight excluding hydrogens is 259 g/mol. The van der Waals surface area contributed by atoms with Gasteiger partial charge in [-0.2, -0.15) is 13.2 Å². The van der Waals surface area contributed by atoms with Crippen LogP contribution in [-0.2, 0) is 0 Å². The Balaban J connectivity index is 0.00000144. The van der Waals surface area contributed by atoms with Gasteiger partial charge in [-0.25, -0.2) is 0 Å². The summed E-state index contributed by atoms with van der Waals surface area (Å²) >= 11 is 0. The molecule has 7 heteroatoms. The molecule has 17 heavy (non-hydrogen) atoms. The Morgan fingerprint density at radius 2 is 1.88 bits per heavy atom. The second-order valence-electron chi connectivity index (χ2n) is 3.54. The molecule has 1 aromatic rings. The highest BCUT2D eigenvalue weighted by Crippen LogP contribution is 2.36. The summed E-state index contributed by atoms with van der Waals surface area (Å²) in [4.78, 5) is 0. The number of rotatable bonds is 2. The van der Waals surface area contributed by atoms with E-state index in [2.05, 4.69) is 0 Å². The molecule has 0 radical (unpaired) electrons. The van der Waals surface area contributed by atoms with Gasteiger partial charge in [-0.15, -0.1) is 12.4 Å². The maximum Gasteiger partial charge on any atom is 0.390 e. The van der Waals surface area contributed by atoms with Crippen LogP contribution in [0.4, 0.5) is 13.2 Å². The molecule has 1 aromatic carbocycles. The van der Waals surface area contributed by atoms with Crippen molar-refractivity contribution in [1.82, 2.24) is 0 Å². The summed E-state index contributed by atoms with van der Waals surface area (Å²) < 4.78 is 46.5. The molecule has 1 aliphatic heterocycles. The monoisotopic (exact) mass is 269 g/mol. The van der Waals surface area contributed by atoms with Gasteiger partial charge >= 0.3 is 6.18 Å². The summed E-state index contributed by atoms with van der Waals surface area (Å²) in [6.45, 7) is 0.0906. The Hall–Kier alpha value is -1.14. The molecule has 2 rings (SSSR count). The smallest absolute Gasteiger partial charge is 0.390 e. The lowest BCUT2D eigenvalue weighted by Crippen LogP contribution is -2.20. The molecule has 1 heterocycles. The van der Waals surface area contributed by atoms with E-state index in [1.165, 1.54) is 12.1 Å². The first-order chi connectivity index (χ1) is 7.46. The number of benzene rings is 1. The lowest BCUT2D eigenvalue weighted by molar-refractivity contribution is -0.138. The minimum Gasteiger partial charge on any atom is -0.454 e. The molecule has 0 aromatic heterocycles. The first kappa shape index (κ1) is 13.9. The molecule has 1 atom stereocenters. The molecule has 0 spiro atoms. The predicted octanol–water partition coefficient (Wildman–Crippen LogP) is 2.79. The Labute approximate surface area is 102 Å². The number of fused-ring (bicyclic) bond motifs is 1. The van der Waals surface area contributed by atoms with E-state index < -0.39 is 18.6 Å². The number of nitrogens with two attached hydrogens (primary N) is 1. The first-order valence-corrected chi connectivity index (χ1v) is 4.67. The molecule has 1 aliphatic rings. The van der Waals surface area contributed by atoms with Crippen LogP contribution in [0.15, 0.2) is 18.2 Å². The zero-order chi connectivity index (χ0) is 11.8. The van der Waals surface area contributed by atoms with Gasteiger partial charge in [0.25, 0.3) is 0 Å². The molecule has 0 fully saturated rings. The van der Waals surface area contributed by atoms with Crippen LogP contribution in [0.5, 0.6) is 11.5 Å². The minimum absolute atomic E-state index is 0. The van der Waals surface area contributed by atoms with Crippen LogP contribution in [0, 0.1) is 0 Å². The lowest BCUT2D eigenvalue weighted by atomic mass is 10.0. The predicted molar refractivity (Wildman–Crippen MR) is 57.4 cm³/mol. The van der Waals surface area contributed by atoms with E-state index >= 15 is 0 Å². The fourth-order valence-corrected chi connectivity index (χ4v) is 1.51. The number of halogens is 4. The van der Waals surface area contributed by atoms with Crippen LogP contribution in [0.25, 0.3) is 0 Å². The molecule has 0 aliphatic carbocycles. The van der Waals surface area contributed by atoms with Crippen LogP contribution in [0.1, 0.15) is 18.0 Å². The van der Waals surface area contributed by atoms with Crippen LogP contribution in [0.3, 0.4) is 0 Å². The normalized spacial score (nSPS) is 15.3.